The van der Waals surface area contributed by atoms with Gasteiger partial charge in [-0.1, -0.05) is 13.3 Å². The Hall–Kier alpha value is -1.75. The molecule has 0 aliphatic heterocycles. The van der Waals surface area contributed by atoms with Crippen LogP contribution in [0.25, 0.3) is 0 Å². The number of nitrogens with zero attached hydrogens (tertiary/aromatic N) is 1. The Kier molecular flexibility index (Phi) is 6.15. The third-order valence-corrected chi connectivity index (χ3v) is 2.51. The summed E-state index contributed by atoms with van der Waals surface area (Å²) in [6.45, 7) is 2.76. The number of ether oxygens (including phenoxy) is 2. The molecule has 0 fully saturated rings. The second-order valence-electron chi connectivity index (χ2n) is 4.40. The van der Waals surface area contributed by atoms with Crippen LogP contribution in [0.5, 0.6) is 11.5 Å². The van der Waals surface area contributed by atoms with E-state index in [0.29, 0.717) is 23.7 Å². The van der Waals surface area contributed by atoms with Crippen molar-refractivity contribution < 1.29 is 14.3 Å². The number of hydrogen-bond acceptors (Lipinski definition) is 4. The molecule has 0 saturated carbocycles. The van der Waals surface area contributed by atoms with Crippen molar-refractivity contribution >= 4 is 5.91 Å². The van der Waals surface area contributed by atoms with E-state index in [4.69, 9.17) is 9.47 Å². The van der Waals surface area contributed by atoms with Gasteiger partial charge in [0.05, 0.1) is 13.7 Å². The lowest BCUT2D eigenvalue weighted by Gasteiger charge is -2.14. The minimum Gasteiger partial charge on any atom is -0.493 e. The van der Waals surface area contributed by atoms with Crippen LogP contribution < -0.4 is 14.9 Å². The first-order valence-electron chi connectivity index (χ1n) is 6.37. The molecule has 0 spiro atoms. The van der Waals surface area contributed by atoms with Crippen LogP contribution in [0.1, 0.15) is 30.1 Å². The molecule has 5 heteroatoms. The molecule has 19 heavy (non-hydrogen) atoms. The molecule has 0 bridgehead atoms. The number of nitrogens with one attached hydrogen (secondary N) is 1. The summed E-state index contributed by atoms with van der Waals surface area (Å²) in [6, 6.07) is 5.17. The van der Waals surface area contributed by atoms with E-state index in [-0.39, 0.29) is 5.91 Å². The standard InChI is InChI=1S/C14H22N2O3/c1-5-6-9-19-12-8-7-11(10-13(12)18-4)14(17)15-16(2)3/h7-8,10H,5-6,9H2,1-4H3,(H,15,17). The van der Waals surface area contributed by atoms with Crippen LogP contribution in [0.3, 0.4) is 0 Å². The summed E-state index contributed by atoms with van der Waals surface area (Å²) in [6.07, 6.45) is 2.07. The normalized spacial score (nSPS) is 10.4. The van der Waals surface area contributed by atoms with E-state index in [1.165, 1.54) is 0 Å². The first-order valence-corrected chi connectivity index (χ1v) is 6.37. The molecule has 5 nitrogen and oxygen atoms in total. The Balaban J connectivity index is 2.80. The predicted molar refractivity (Wildman–Crippen MR) is 74.6 cm³/mol. The molecule has 1 N–H and O–H groups in total. The zero-order valence-electron chi connectivity index (χ0n) is 12.0. The minimum atomic E-state index is -0.177. The highest BCUT2D eigenvalue weighted by atomic mass is 16.5. The summed E-state index contributed by atoms with van der Waals surface area (Å²) in [5.41, 5.74) is 3.22. The largest absolute Gasteiger partial charge is 0.493 e. The predicted octanol–water partition coefficient (Wildman–Crippen LogP) is 2.08. The number of carbonyl (C=O) groups excluding carboxylic acids is 1. The SMILES string of the molecule is CCCCOc1ccc(C(=O)NN(C)C)cc1OC. The van der Waals surface area contributed by atoms with Gasteiger partial charge in [0.25, 0.3) is 5.91 Å². The summed E-state index contributed by atoms with van der Waals surface area (Å²) >= 11 is 0. The Morgan fingerprint density at radius 1 is 1.32 bits per heavy atom. The maximum Gasteiger partial charge on any atom is 0.265 e. The minimum absolute atomic E-state index is 0.177. The molecule has 1 amide bonds. The van der Waals surface area contributed by atoms with Crippen LogP contribution in [0.2, 0.25) is 0 Å². The van der Waals surface area contributed by atoms with Crippen LogP contribution >= 0.6 is 0 Å². The zero-order valence-corrected chi connectivity index (χ0v) is 12.0. The fourth-order valence-corrected chi connectivity index (χ4v) is 1.52. The van der Waals surface area contributed by atoms with Gasteiger partial charge in [0.2, 0.25) is 0 Å². The molecular formula is C14H22N2O3. The van der Waals surface area contributed by atoms with Crippen molar-refractivity contribution in [2.24, 2.45) is 0 Å². The quantitative estimate of drug-likeness (QED) is 0.606. The summed E-state index contributed by atoms with van der Waals surface area (Å²) in [5, 5.41) is 1.60. The third kappa shape index (κ3) is 4.79. The summed E-state index contributed by atoms with van der Waals surface area (Å²) < 4.78 is 10.9. The number of methoxy groups -OCH3 is 1. The average molecular weight is 266 g/mol. The highest BCUT2D eigenvalue weighted by Crippen LogP contribution is 2.28. The van der Waals surface area contributed by atoms with Gasteiger partial charge in [0, 0.05) is 19.7 Å². The Bertz CT molecular complexity index is 419. The third-order valence-electron chi connectivity index (χ3n) is 2.51. The molecule has 0 radical (unpaired) electrons. The van der Waals surface area contributed by atoms with E-state index in [0.717, 1.165) is 12.8 Å². The highest BCUT2D eigenvalue weighted by molar-refractivity contribution is 5.94. The van der Waals surface area contributed by atoms with Crippen LogP contribution in [0, 0.1) is 0 Å². The fraction of sp³-hybridized carbons (Fsp3) is 0.500. The lowest BCUT2D eigenvalue weighted by Crippen LogP contribution is -2.36. The molecule has 106 valence electrons. The summed E-state index contributed by atoms with van der Waals surface area (Å²) in [4.78, 5) is 11.8. The first-order chi connectivity index (χ1) is 9.08. The maximum atomic E-state index is 11.8. The van der Waals surface area contributed by atoms with Gasteiger partial charge in [-0.25, -0.2) is 5.01 Å². The summed E-state index contributed by atoms with van der Waals surface area (Å²) in [5.74, 6) is 1.06. The number of amides is 1. The molecule has 0 atom stereocenters. The molecule has 0 saturated heterocycles. The second-order valence-corrected chi connectivity index (χ2v) is 4.40. The van der Waals surface area contributed by atoms with Crippen molar-refractivity contribution in [2.45, 2.75) is 19.8 Å². The van der Waals surface area contributed by atoms with Gasteiger partial charge in [0.15, 0.2) is 11.5 Å². The van der Waals surface area contributed by atoms with Gasteiger partial charge >= 0.3 is 0 Å². The number of unbranched alkanes of at least 4 members (excludes halogenated alkanes) is 1. The molecule has 0 unspecified atom stereocenters. The van der Waals surface area contributed by atoms with Gasteiger partial charge in [-0.2, -0.15) is 0 Å². The van der Waals surface area contributed by atoms with Crippen molar-refractivity contribution in [3.8, 4) is 11.5 Å². The molecule has 0 aliphatic rings. The van der Waals surface area contributed by atoms with Crippen LogP contribution in [0.15, 0.2) is 18.2 Å². The van der Waals surface area contributed by atoms with Crippen molar-refractivity contribution in [3.63, 3.8) is 0 Å². The van der Waals surface area contributed by atoms with Gasteiger partial charge in [0.1, 0.15) is 0 Å². The number of benzene rings is 1. The number of carbonyl (C=O) groups is 1. The molecule has 1 aromatic carbocycles. The van der Waals surface area contributed by atoms with Gasteiger partial charge in [-0.05, 0) is 24.6 Å². The van der Waals surface area contributed by atoms with Crippen LogP contribution in [-0.4, -0.2) is 38.7 Å². The van der Waals surface area contributed by atoms with E-state index in [1.807, 2.05) is 0 Å². The molecule has 0 aliphatic carbocycles. The lowest BCUT2D eigenvalue weighted by molar-refractivity contribution is 0.0856. The Morgan fingerprint density at radius 2 is 2.05 bits per heavy atom. The van der Waals surface area contributed by atoms with Crippen LogP contribution in [-0.2, 0) is 0 Å². The molecule has 0 heterocycles. The smallest absolute Gasteiger partial charge is 0.265 e. The topological polar surface area (TPSA) is 50.8 Å². The van der Waals surface area contributed by atoms with Crippen molar-refractivity contribution in [2.75, 3.05) is 27.8 Å². The second kappa shape index (κ2) is 7.63. The molecular weight excluding hydrogens is 244 g/mol. The van der Waals surface area contributed by atoms with Crippen LogP contribution in [0.4, 0.5) is 0 Å². The first kappa shape index (κ1) is 15.3. The average Bonchev–Trinajstić information content (AvgIpc) is 2.38. The number of rotatable bonds is 7. The lowest BCUT2D eigenvalue weighted by atomic mass is 10.2. The monoisotopic (exact) mass is 266 g/mol. The van der Waals surface area contributed by atoms with Gasteiger partial charge in [-0.3, -0.25) is 10.2 Å². The molecule has 1 aromatic rings. The van der Waals surface area contributed by atoms with Gasteiger partial charge in [-0.15, -0.1) is 0 Å². The van der Waals surface area contributed by atoms with Crippen molar-refractivity contribution in [1.82, 2.24) is 10.4 Å². The van der Waals surface area contributed by atoms with E-state index < -0.39 is 0 Å². The van der Waals surface area contributed by atoms with E-state index in [2.05, 4.69) is 12.3 Å². The van der Waals surface area contributed by atoms with Gasteiger partial charge < -0.3 is 9.47 Å². The molecule has 1 rings (SSSR count). The van der Waals surface area contributed by atoms with Crippen molar-refractivity contribution in [3.05, 3.63) is 23.8 Å². The maximum absolute atomic E-state index is 11.8. The van der Waals surface area contributed by atoms with Crippen molar-refractivity contribution in [1.29, 1.82) is 0 Å². The summed E-state index contributed by atoms with van der Waals surface area (Å²) in [7, 11) is 5.09. The van der Waals surface area contributed by atoms with E-state index in [1.54, 1.807) is 44.4 Å². The fourth-order valence-electron chi connectivity index (χ4n) is 1.52. The molecule has 0 aromatic heterocycles. The number of hydrazine groups is 1. The van der Waals surface area contributed by atoms with E-state index in [9.17, 15) is 4.79 Å². The zero-order chi connectivity index (χ0) is 14.3. The number of hydrogen-bond donors (Lipinski definition) is 1. The Labute approximate surface area is 114 Å². The Morgan fingerprint density at radius 3 is 2.63 bits per heavy atom. The van der Waals surface area contributed by atoms with E-state index >= 15 is 0 Å². The highest BCUT2D eigenvalue weighted by Gasteiger charge is 2.11.